The van der Waals surface area contributed by atoms with Crippen molar-refractivity contribution in [3.8, 4) is 0 Å². The molecule has 1 aliphatic carbocycles. The number of halogens is 3. The lowest BCUT2D eigenvalue weighted by molar-refractivity contribution is -0.193. The van der Waals surface area contributed by atoms with Crippen LogP contribution in [0.5, 0.6) is 0 Å². The topological polar surface area (TPSA) is 26.3 Å². The molecule has 2 atom stereocenters. The molecule has 5 heteroatoms. The lowest BCUT2D eigenvalue weighted by Gasteiger charge is -2.30. The lowest BCUT2D eigenvalue weighted by atomic mass is 9.87. The van der Waals surface area contributed by atoms with Gasteiger partial charge in [0, 0.05) is 5.57 Å². The maximum atomic E-state index is 12.5. The molecule has 0 amide bonds. The molecule has 92 valence electrons. The van der Waals surface area contributed by atoms with Crippen LogP contribution in [0.4, 0.5) is 13.2 Å². The fourth-order valence-electron chi connectivity index (χ4n) is 1.80. The fraction of sp³-hybridized carbons (Fsp3) is 0.727. The summed E-state index contributed by atoms with van der Waals surface area (Å²) in [5.41, 5.74) is 0.217. The van der Waals surface area contributed by atoms with Crippen LogP contribution in [-0.4, -0.2) is 18.2 Å². The van der Waals surface area contributed by atoms with Crippen LogP contribution in [0.25, 0.3) is 0 Å². The first-order valence-corrected chi connectivity index (χ1v) is 5.24. The van der Waals surface area contributed by atoms with Crippen molar-refractivity contribution in [3.05, 3.63) is 12.2 Å². The molecule has 0 bridgehead atoms. The summed E-state index contributed by atoms with van der Waals surface area (Å²) < 4.78 is 42.3. The smallest absolute Gasteiger partial charge is 0.391 e. The highest BCUT2D eigenvalue weighted by Crippen LogP contribution is 2.38. The van der Waals surface area contributed by atoms with Gasteiger partial charge >= 0.3 is 12.1 Å². The van der Waals surface area contributed by atoms with Gasteiger partial charge < -0.3 is 4.74 Å². The van der Waals surface area contributed by atoms with Crippen LogP contribution in [-0.2, 0) is 9.53 Å². The Labute approximate surface area is 92.5 Å². The Morgan fingerprint density at radius 3 is 2.50 bits per heavy atom. The lowest BCUT2D eigenvalue weighted by Crippen LogP contribution is -2.33. The summed E-state index contributed by atoms with van der Waals surface area (Å²) >= 11 is 0. The zero-order chi connectivity index (χ0) is 12.3. The number of hydrogen-bond acceptors (Lipinski definition) is 2. The van der Waals surface area contributed by atoms with E-state index in [1.165, 1.54) is 6.92 Å². The molecule has 0 radical (unpaired) electrons. The number of carbonyl (C=O) groups excluding carboxylic acids is 1. The van der Waals surface area contributed by atoms with Gasteiger partial charge in [-0.3, -0.25) is 0 Å². The van der Waals surface area contributed by atoms with Gasteiger partial charge in [-0.25, -0.2) is 4.79 Å². The first-order chi connectivity index (χ1) is 7.30. The highest BCUT2D eigenvalue weighted by molar-refractivity contribution is 5.87. The maximum absolute atomic E-state index is 12.5. The molecule has 1 rings (SSSR count). The van der Waals surface area contributed by atoms with Crippen LogP contribution < -0.4 is 0 Å². The molecule has 1 aliphatic rings. The Balaban J connectivity index is 2.51. The van der Waals surface area contributed by atoms with Crippen molar-refractivity contribution in [2.45, 2.75) is 44.9 Å². The van der Waals surface area contributed by atoms with E-state index in [-0.39, 0.29) is 18.4 Å². The third kappa shape index (κ3) is 3.54. The van der Waals surface area contributed by atoms with E-state index in [9.17, 15) is 18.0 Å². The zero-order valence-electron chi connectivity index (χ0n) is 9.14. The van der Waals surface area contributed by atoms with Gasteiger partial charge in [-0.2, -0.15) is 13.2 Å². The summed E-state index contributed by atoms with van der Waals surface area (Å²) in [5.74, 6) is -1.95. The summed E-state index contributed by atoms with van der Waals surface area (Å²) in [6.45, 7) is 4.87. The first-order valence-electron chi connectivity index (χ1n) is 5.24. The minimum absolute atomic E-state index is 0.123. The van der Waals surface area contributed by atoms with Gasteiger partial charge in [-0.1, -0.05) is 6.58 Å². The number of hydrogen-bond donors (Lipinski definition) is 0. The van der Waals surface area contributed by atoms with Gasteiger partial charge in [0.05, 0.1) is 5.92 Å². The Morgan fingerprint density at radius 2 is 2.00 bits per heavy atom. The Morgan fingerprint density at radius 1 is 1.38 bits per heavy atom. The van der Waals surface area contributed by atoms with Crippen LogP contribution in [0.15, 0.2) is 12.2 Å². The normalized spacial score (nSPS) is 26.2. The van der Waals surface area contributed by atoms with E-state index in [0.29, 0.717) is 12.8 Å². The van der Waals surface area contributed by atoms with Crippen LogP contribution in [0.3, 0.4) is 0 Å². The van der Waals surface area contributed by atoms with Crippen LogP contribution in [0.2, 0.25) is 0 Å². The van der Waals surface area contributed by atoms with Crippen LogP contribution >= 0.6 is 0 Å². The van der Waals surface area contributed by atoms with E-state index in [4.69, 9.17) is 4.74 Å². The number of alkyl halides is 3. The predicted molar refractivity (Wildman–Crippen MR) is 52.7 cm³/mol. The van der Waals surface area contributed by atoms with Gasteiger partial charge in [0.15, 0.2) is 0 Å². The summed E-state index contributed by atoms with van der Waals surface area (Å²) in [4.78, 5) is 11.2. The maximum Gasteiger partial charge on any atom is 0.391 e. The summed E-state index contributed by atoms with van der Waals surface area (Å²) in [5, 5.41) is 0. The van der Waals surface area contributed by atoms with E-state index in [0.717, 1.165) is 0 Å². The van der Waals surface area contributed by atoms with Gasteiger partial charge in [-0.05, 0) is 32.6 Å². The van der Waals surface area contributed by atoms with Crippen molar-refractivity contribution in [1.29, 1.82) is 0 Å². The van der Waals surface area contributed by atoms with Gasteiger partial charge in [-0.15, -0.1) is 0 Å². The summed E-state index contributed by atoms with van der Waals surface area (Å²) in [7, 11) is 0. The van der Waals surface area contributed by atoms with Gasteiger partial charge in [0.25, 0.3) is 0 Å². The average molecular weight is 236 g/mol. The predicted octanol–water partition coefficient (Wildman–Crippen LogP) is 3.23. The fourth-order valence-corrected chi connectivity index (χ4v) is 1.80. The second-order valence-corrected chi connectivity index (χ2v) is 4.21. The van der Waals surface area contributed by atoms with Crippen molar-refractivity contribution in [2.24, 2.45) is 5.92 Å². The monoisotopic (exact) mass is 236 g/mol. The molecule has 0 saturated heterocycles. The molecule has 0 N–H and O–H groups in total. The molecule has 0 aromatic heterocycles. The molecule has 0 heterocycles. The molecular formula is C11H15F3O2. The average Bonchev–Trinajstić information content (AvgIpc) is 2.16. The number of esters is 1. The molecule has 1 fully saturated rings. The largest absolute Gasteiger partial charge is 0.459 e. The van der Waals surface area contributed by atoms with Crippen molar-refractivity contribution >= 4 is 5.97 Å². The molecule has 0 spiro atoms. The number of ether oxygens (including phenoxy) is 1. The highest BCUT2D eigenvalue weighted by Gasteiger charge is 2.43. The van der Waals surface area contributed by atoms with Crippen molar-refractivity contribution < 1.29 is 22.7 Å². The highest BCUT2D eigenvalue weighted by atomic mass is 19.4. The SMILES string of the molecule is C=C(C)C(=O)OC1CCCC(C(F)(F)F)C1. The molecular weight excluding hydrogens is 221 g/mol. The molecule has 0 aromatic carbocycles. The molecule has 0 aliphatic heterocycles. The number of rotatable bonds is 2. The molecule has 2 nitrogen and oxygen atoms in total. The Bertz CT molecular complexity index is 283. The van der Waals surface area contributed by atoms with Crippen LogP contribution in [0, 0.1) is 5.92 Å². The van der Waals surface area contributed by atoms with Crippen LogP contribution in [0.1, 0.15) is 32.6 Å². The third-order valence-corrected chi connectivity index (χ3v) is 2.71. The molecule has 2 unspecified atom stereocenters. The molecule has 16 heavy (non-hydrogen) atoms. The van der Waals surface area contributed by atoms with Gasteiger partial charge in [0.2, 0.25) is 0 Å². The van der Waals surface area contributed by atoms with E-state index in [1.54, 1.807) is 0 Å². The standard InChI is InChI=1S/C11H15F3O2/c1-7(2)10(15)16-9-5-3-4-8(6-9)11(12,13)14/h8-9H,1,3-6H2,2H3. The minimum Gasteiger partial charge on any atom is -0.459 e. The van der Waals surface area contributed by atoms with Crippen molar-refractivity contribution in [3.63, 3.8) is 0 Å². The second kappa shape index (κ2) is 4.89. The van der Waals surface area contributed by atoms with E-state index in [1.807, 2.05) is 0 Å². The third-order valence-electron chi connectivity index (χ3n) is 2.71. The first kappa shape index (κ1) is 13.1. The second-order valence-electron chi connectivity index (χ2n) is 4.21. The Kier molecular flexibility index (Phi) is 3.99. The van der Waals surface area contributed by atoms with Crippen molar-refractivity contribution in [2.75, 3.05) is 0 Å². The summed E-state index contributed by atoms with van der Waals surface area (Å²) in [6, 6.07) is 0. The van der Waals surface area contributed by atoms with Crippen molar-refractivity contribution in [1.82, 2.24) is 0 Å². The quantitative estimate of drug-likeness (QED) is 0.543. The molecule has 1 saturated carbocycles. The van der Waals surface area contributed by atoms with E-state index in [2.05, 4.69) is 6.58 Å². The van der Waals surface area contributed by atoms with E-state index >= 15 is 0 Å². The minimum atomic E-state index is -4.19. The van der Waals surface area contributed by atoms with Gasteiger partial charge in [0.1, 0.15) is 6.10 Å². The zero-order valence-corrected chi connectivity index (χ0v) is 9.14. The Hall–Kier alpha value is -1.00. The number of carbonyl (C=O) groups is 1. The molecule has 0 aromatic rings. The summed E-state index contributed by atoms with van der Waals surface area (Å²) in [6.07, 6.45) is -3.85. The van der Waals surface area contributed by atoms with E-state index < -0.39 is 24.2 Å².